The SMILES string of the molecule is COC(=O)NCC(=O)N[C@H]1CCCc2c1cnn2Cc1ccccc1. The lowest BCUT2D eigenvalue weighted by atomic mass is 9.93. The van der Waals surface area contributed by atoms with E-state index >= 15 is 0 Å². The van der Waals surface area contributed by atoms with Crippen molar-refractivity contribution in [3.05, 3.63) is 53.3 Å². The van der Waals surface area contributed by atoms with E-state index in [-0.39, 0.29) is 18.5 Å². The number of alkyl carbamates (subject to hydrolysis) is 1. The number of methoxy groups -OCH3 is 1. The van der Waals surface area contributed by atoms with E-state index in [0.29, 0.717) is 0 Å². The van der Waals surface area contributed by atoms with Gasteiger partial charge < -0.3 is 15.4 Å². The Labute approximate surface area is 146 Å². The molecule has 7 heteroatoms. The maximum Gasteiger partial charge on any atom is 0.407 e. The summed E-state index contributed by atoms with van der Waals surface area (Å²) in [5.41, 5.74) is 3.43. The molecule has 1 aliphatic rings. The number of nitrogens with one attached hydrogen (secondary N) is 2. The van der Waals surface area contributed by atoms with Crippen LogP contribution in [0.2, 0.25) is 0 Å². The van der Waals surface area contributed by atoms with Gasteiger partial charge >= 0.3 is 6.09 Å². The first kappa shape index (κ1) is 17.0. The molecule has 0 spiro atoms. The predicted octanol–water partition coefficient (Wildman–Crippen LogP) is 1.78. The van der Waals surface area contributed by atoms with E-state index in [2.05, 4.69) is 32.6 Å². The third-order valence-corrected chi connectivity index (χ3v) is 4.35. The van der Waals surface area contributed by atoms with Gasteiger partial charge in [-0.25, -0.2) is 4.79 Å². The monoisotopic (exact) mass is 342 g/mol. The lowest BCUT2D eigenvalue weighted by Crippen LogP contribution is -2.39. The zero-order chi connectivity index (χ0) is 17.6. The van der Waals surface area contributed by atoms with Crippen LogP contribution in [0.1, 0.15) is 35.7 Å². The quantitative estimate of drug-likeness (QED) is 0.867. The number of carbonyl (C=O) groups is 2. The molecule has 2 aromatic rings. The van der Waals surface area contributed by atoms with Gasteiger partial charge in [0.05, 0.1) is 25.9 Å². The number of aromatic nitrogens is 2. The number of ether oxygens (including phenoxy) is 1. The van der Waals surface area contributed by atoms with Gasteiger partial charge in [-0.2, -0.15) is 5.10 Å². The van der Waals surface area contributed by atoms with Crippen molar-refractivity contribution in [2.24, 2.45) is 0 Å². The smallest absolute Gasteiger partial charge is 0.407 e. The normalized spacial score (nSPS) is 16.0. The maximum absolute atomic E-state index is 12.0. The van der Waals surface area contributed by atoms with Gasteiger partial charge in [0.1, 0.15) is 6.54 Å². The summed E-state index contributed by atoms with van der Waals surface area (Å²) in [5, 5.41) is 9.87. The van der Waals surface area contributed by atoms with Crippen molar-refractivity contribution in [3.63, 3.8) is 0 Å². The highest BCUT2D eigenvalue weighted by molar-refractivity contribution is 5.82. The van der Waals surface area contributed by atoms with E-state index in [0.717, 1.165) is 31.4 Å². The van der Waals surface area contributed by atoms with Gasteiger partial charge in [0.15, 0.2) is 0 Å². The van der Waals surface area contributed by atoms with Crippen LogP contribution in [0.3, 0.4) is 0 Å². The van der Waals surface area contributed by atoms with Crippen LogP contribution < -0.4 is 10.6 Å². The van der Waals surface area contributed by atoms with Gasteiger partial charge in [0, 0.05) is 11.3 Å². The van der Waals surface area contributed by atoms with Crippen molar-refractivity contribution in [2.75, 3.05) is 13.7 Å². The lowest BCUT2D eigenvalue weighted by molar-refractivity contribution is -0.121. The summed E-state index contributed by atoms with van der Waals surface area (Å²) in [6.45, 7) is 0.622. The molecule has 0 unspecified atom stereocenters. The molecule has 0 fully saturated rings. The molecule has 132 valence electrons. The summed E-state index contributed by atoms with van der Waals surface area (Å²) in [7, 11) is 1.27. The number of amides is 2. The predicted molar refractivity (Wildman–Crippen MR) is 92.0 cm³/mol. The Hall–Kier alpha value is -2.83. The summed E-state index contributed by atoms with van der Waals surface area (Å²) >= 11 is 0. The summed E-state index contributed by atoms with van der Waals surface area (Å²) in [6, 6.07) is 10.1. The van der Waals surface area contributed by atoms with Gasteiger partial charge in [0.2, 0.25) is 5.91 Å². The topological polar surface area (TPSA) is 85.2 Å². The van der Waals surface area contributed by atoms with Gasteiger partial charge in [-0.15, -0.1) is 0 Å². The maximum atomic E-state index is 12.0. The Morgan fingerprint density at radius 1 is 1.32 bits per heavy atom. The number of hydrogen-bond donors (Lipinski definition) is 2. The van der Waals surface area contributed by atoms with E-state index < -0.39 is 6.09 Å². The second-order valence-electron chi connectivity index (χ2n) is 6.05. The molecular weight excluding hydrogens is 320 g/mol. The molecule has 2 N–H and O–H groups in total. The molecule has 1 aliphatic carbocycles. The van der Waals surface area contributed by atoms with Crippen LogP contribution >= 0.6 is 0 Å². The van der Waals surface area contributed by atoms with Gasteiger partial charge in [-0.3, -0.25) is 9.48 Å². The van der Waals surface area contributed by atoms with E-state index in [1.807, 2.05) is 29.1 Å². The number of fused-ring (bicyclic) bond motifs is 1. The molecule has 1 heterocycles. The second kappa shape index (κ2) is 7.83. The van der Waals surface area contributed by atoms with Gasteiger partial charge in [-0.05, 0) is 24.8 Å². The molecule has 1 aromatic carbocycles. The average molecular weight is 342 g/mol. The van der Waals surface area contributed by atoms with Crippen molar-refractivity contribution in [1.82, 2.24) is 20.4 Å². The average Bonchev–Trinajstić information content (AvgIpc) is 3.04. The molecule has 1 atom stereocenters. The molecule has 0 saturated carbocycles. The van der Waals surface area contributed by atoms with Crippen LogP contribution in [-0.4, -0.2) is 35.4 Å². The Morgan fingerprint density at radius 3 is 2.88 bits per heavy atom. The van der Waals surface area contributed by atoms with Crippen LogP contribution in [0.5, 0.6) is 0 Å². The molecule has 0 aliphatic heterocycles. The number of rotatable bonds is 5. The first-order valence-corrected chi connectivity index (χ1v) is 8.37. The number of nitrogens with zero attached hydrogens (tertiary/aromatic N) is 2. The number of hydrogen-bond acceptors (Lipinski definition) is 4. The largest absolute Gasteiger partial charge is 0.453 e. The molecule has 1 aromatic heterocycles. The van der Waals surface area contributed by atoms with Gasteiger partial charge in [0.25, 0.3) is 0 Å². The Bertz CT molecular complexity index is 742. The number of benzene rings is 1. The Morgan fingerprint density at radius 2 is 2.12 bits per heavy atom. The van der Waals surface area contributed by atoms with Crippen LogP contribution in [0.4, 0.5) is 4.79 Å². The summed E-state index contributed by atoms with van der Waals surface area (Å²) in [6.07, 6.45) is 4.04. The van der Waals surface area contributed by atoms with E-state index in [4.69, 9.17) is 0 Å². The second-order valence-corrected chi connectivity index (χ2v) is 6.05. The zero-order valence-electron chi connectivity index (χ0n) is 14.2. The minimum Gasteiger partial charge on any atom is -0.453 e. The third kappa shape index (κ3) is 4.17. The van der Waals surface area contributed by atoms with Crippen molar-refractivity contribution < 1.29 is 14.3 Å². The first-order chi connectivity index (χ1) is 12.2. The standard InChI is InChI=1S/C18H22N4O3/c1-25-18(24)19-11-17(23)21-15-8-5-9-16-14(15)10-20-22(16)12-13-6-3-2-4-7-13/h2-4,6-7,10,15H,5,8-9,11-12H2,1H3,(H,19,24)(H,21,23)/t15-/m0/s1. The van der Waals surface area contributed by atoms with E-state index in [9.17, 15) is 9.59 Å². The first-order valence-electron chi connectivity index (χ1n) is 8.37. The zero-order valence-corrected chi connectivity index (χ0v) is 14.2. The number of carbonyl (C=O) groups excluding carboxylic acids is 2. The summed E-state index contributed by atoms with van der Waals surface area (Å²) in [5.74, 6) is -0.237. The highest BCUT2D eigenvalue weighted by Crippen LogP contribution is 2.29. The molecule has 7 nitrogen and oxygen atoms in total. The lowest BCUT2D eigenvalue weighted by Gasteiger charge is -2.24. The molecule has 0 saturated heterocycles. The Balaban J connectivity index is 1.66. The molecule has 2 amide bonds. The minimum absolute atomic E-state index is 0.0692. The van der Waals surface area contributed by atoms with Gasteiger partial charge in [-0.1, -0.05) is 30.3 Å². The molecule has 0 radical (unpaired) electrons. The van der Waals surface area contributed by atoms with Crippen molar-refractivity contribution in [3.8, 4) is 0 Å². The molecule has 0 bridgehead atoms. The van der Waals surface area contributed by atoms with Crippen molar-refractivity contribution >= 4 is 12.0 Å². The fourth-order valence-electron chi connectivity index (χ4n) is 3.13. The Kier molecular flexibility index (Phi) is 5.33. The van der Waals surface area contributed by atoms with Crippen LogP contribution in [-0.2, 0) is 22.5 Å². The van der Waals surface area contributed by atoms with Crippen LogP contribution in [0.15, 0.2) is 36.5 Å². The highest BCUT2D eigenvalue weighted by atomic mass is 16.5. The van der Waals surface area contributed by atoms with E-state index in [1.54, 1.807) is 0 Å². The highest BCUT2D eigenvalue weighted by Gasteiger charge is 2.25. The molecule has 3 rings (SSSR count). The van der Waals surface area contributed by atoms with Crippen LogP contribution in [0.25, 0.3) is 0 Å². The molecular formula is C18H22N4O3. The fourth-order valence-corrected chi connectivity index (χ4v) is 3.13. The van der Waals surface area contributed by atoms with Crippen molar-refractivity contribution in [1.29, 1.82) is 0 Å². The minimum atomic E-state index is -0.616. The van der Waals surface area contributed by atoms with E-state index in [1.165, 1.54) is 18.4 Å². The summed E-state index contributed by atoms with van der Waals surface area (Å²) in [4.78, 5) is 23.1. The molecule has 25 heavy (non-hydrogen) atoms. The summed E-state index contributed by atoms with van der Waals surface area (Å²) < 4.78 is 6.47. The fraction of sp³-hybridized carbons (Fsp3) is 0.389. The third-order valence-electron chi connectivity index (χ3n) is 4.35. The van der Waals surface area contributed by atoms with Crippen LogP contribution in [0, 0.1) is 0 Å². The van der Waals surface area contributed by atoms with Crippen molar-refractivity contribution in [2.45, 2.75) is 31.8 Å².